The van der Waals surface area contributed by atoms with Gasteiger partial charge in [0.05, 0.1) is 0 Å². The Labute approximate surface area is 153 Å². The smallest absolute Gasteiger partial charge is 0.250 e. The van der Waals surface area contributed by atoms with Gasteiger partial charge in [-0.05, 0) is 37.0 Å². The van der Waals surface area contributed by atoms with Crippen LogP contribution in [0.25, 0.3) is 0 Å². The van der Waals surface area contributed by atoms with Crippen LogP contribution in [0, 0.1) is 6.92 Å². The van der Waals surface area contributed by atoms with Crippen LogP contribution in [-0.4, -0.2) is 32.4 Å². The molecule has 1 aromatic carbocycles. The number of nitrogens with zero attached hydrogens (tertiary/aromatic N) is 1. The van der Waals surface area contributed by atoms with Gasteiger partial charge < -0.3 is 5.73 Å². The third kappa shape index (κ3) is 4.68. The van der Waals surface area contributed by atoms with E-state index in [2.05, 4.69) is 33.9 Å². The topological polar surface area (TPSA) is 75.4 Å². The van der Waals surface area contributed by atoms with Crippen LogP contribution < -0.4 is 10.5 Å². The van der Waals surface area contributed by atoms with Gasteiger partial charge in [0.1, 0.15) is 4.21 Å². The van der Waals surface area contributed by atoms with Crippen molar-refractivity contribution in [3.63, 3.8) is 0 Å². The molecule has 1 fully saturated rings. The molecule has 0 spiro atoms. The highest BCUT2D eigenvalue weighted by atomic mass is 32.2. The van der Waals surface area contributed by atoms with Crippen LogP contribution in [0.3, 0.4) is 0 Å². The second kappa shape index (κ2) is 7.97. The predicted octanol–water partition coefficient (Wildman–Crippen LogP) is 2.46. The van der Waals surface area contributed by atoms with E-state index in [1.54, 1.807) is 6.07 Å². The van der Waals surface area contributed by atoms with Crippen LogP contribution in [0.5, 0.6) is 0 Å². The van der Waals surface area contributed by atoms with Gasteiger partial charge in [-0.1, -0.05) is 30.3 Å². The molecule has 1 aliphatic heterocycles. The molecule has 3 N–H and O–H groups in total. The largest absolute Gasteiger partial charge is 0.326 e. The summed E-state index contributed by atoms with van der Waals surface area (Å²) in [6.45, 7) is 5.01. The van der Waals surface area contributed by atoms with Gasteiger partial charge in [-0.2, -0.15) is 0 Å². The average molecular weight is 380 g/mol. The number of sulfonamides is 1. The first kappa shape index (κ1) is 18.5. The lowest BCUT2D eigenvalue weighted by Gasteiger charge is -2.32. The second-order valence-electron chi connectivity index (χ2n) is 6.53. The first-order chi connectivity index (χ1) is 12.0. The number of benzene rings is 1. The number of rotatable bonds is 6. The highest BCUT2D eigenvalue weighted by Gasteiger charge is 2.26. The molecule has 1 aromatic heterocycles. The molecule has 0 atom stereocenters. The minimum Gasteiger partial charge on any atom is -0.326 e. The third-order valence-corrected chi connectivity index (χ3v) is 7.86. The van der Waals surface area contributed by atoms with Gasteiger partial charge in [0.15, 0.2) is 0 Å². The minimum absolute atomic E-state index is 0.000700. The van der Waals surface area contributed by atoms with E-state index in [0.29, 0.717) is 10.8 Å². The summed E-state index contributed by atoms with van der Waals surface area (Å²) >= 11 is 1.27. The Bertz CT molecular complexity index is 795. The molecule has 136 valence electrons. The van der Waals surface area contributed by atoms with Crippen molar-refractivity contribution >= 4 is 21.4 Å². The van der Waals surface area contributed by atoms with Crippen LogP contribution in [0.1, 0.15) is 28.8 Å². The fraction of sp³-hybridized carbons (Fsp3) is 0.444. The molecule has 2 heterocycles. The Morgan fingerprint density at radius 3 is 2.52 bits per heavy atom. The SMILES string of the molecule is Cc1cc(S(=O)(=O)NC2CCN(Cc3ccccc3)CC2)sc1CN. The summed E-state index contributed by atoms with van der Waals surface area (Å²) < 4.78 is 28.4. The minimum atomic E-state index is -3.45. The monoisotopic (exact) mass is 379 g/mol. The van der Waals surface area contributed by atoms with Crippen molar-refractivity contribution in [3.8, 4) is 0 Å². The van der Waals surface area contributed by atoms with Crippen molar-refractivity contribution in [1.82, 2.24) is 9.62 Å². The Morgan fingerprint density at radius 1 is 1.24 bits per heavy atom. The van der Waals surface area contributed by atoms with Crippen LogP contribution in [0.2, 0.25) is 0 Å². The maximum absolute atomic E-state index is 12.6. The summed E-state index contributed by atoms with van der Waals surface area (Å²) in [6.07, 6.45) is 1.67. The molecular formula is C18H25N3O2S2. The molecule has 25 heavy (non-hydrogen) atoms. The van der Waals surface area contributed by atoms with Gasteiger partial charge in [0.2, 0.25) is 10.0 Å². The molecule has 0 aliphatic carbocycles. The van der Waals surface area contributed by atoms with E-state index >= 15 is 0 Å². The zero-order valence-electron chi connectivity index (χ0n) is 14.4. The van der Waals surface area contributed by atoms with Crippen molar-refractivity contribution in [3.05, 3.63) is 52.4 Å². The molecule has 0 bridgehead atoms. The second-order valence-corrected chi connectivity index (χ2v) is 9.61. The van der Waals surface area contributed by atoms with Crippen molar-refractivity contribution < 1.29 is 8.42 Å². The summed E-state index contributed by atoms with van der Waals surface area (Å²) in [7, 11) is -3.45. The third-order valence-electron chi connectivity index (χ3n) is 4.61. The highest BCUT2D eigenvalue weighted by Crippen LogP contribution is 2.26. The Morgan fingerprint density at radius 2 is 1.92 bits per heavy atom. The molecule has 0 amide bonds. The lowest BCUT2D eigenvalue weighted by Crippen LogP contribution is -2.44. The molecule has 1 saturated heterocycles. The molecule has 7 heteroatoms. The molecule has 3 rings (SSSR count). The lowest BCUT2D eigenvalue weighted by molar-refractivity contribution is 0.200. The van der Waals surface area contributed by atoms with Crippen molar-refractivity contribution in [2.75, 3.05) is 13.1 Å². The van der Waals surface area contributed by atoms with Gasteiger partial charge in [-0.3, -0.25) is 4.90 Å². The van der Waals surface area contributed by atoms with E-state index in [1.807, 2.05) is 13.0 Å². The Kier molecular flexibility index (Phi) is 5.91. The van der Waals surface area contributed by atoms with Gasteiger partial charge in [0.25, 0.3) is 0 Å². The summed E-state index contributed by atoms with van der Waals surface area (Å²) in [4.78, 5) is 3.31. The van der Waals surface area contributed by atoms with Crippen LogP contribution >= 0.6 is 11.3 Å². The standard InChI is InChI=1S/C18H25N3O2S2/c1-14-11-18(24-17(14)12-19)25(22,23)20-16-7-9-21(10-8-16)13-15-5-3-2-4-6-15/h2-6,11,16,20H,7-10,12-13,19H2,1H3. The molecular weight excluding hydrogens is 354 g/mol. The number of nitrogens with one attached hydrogen (secondary N) is 1. The highest BCUT2D eigenvalue weighted by molar-refractivity contribution is 7.91. The number of hydrogen-bond donors (Lipinski definition) is 2. The van der Waals surface area contributed by atoms with E-state index in [-0.39, 0.29) is 6.04 Å². The number of aryl methyl sites for hydroxylation is 1. The summed E-state index contributed by atoms with van der Waals surface area (Å²) in [6, 6.07) is 12.1. The zero-order valence-corrected chi connectivity index (χ0v) is 16.1. The predicted molar refractivity (Wildman–Crippen MR) is 102 cm³/mol. The molecule has 0 saturated carbocycles. The van der Waals surface area contributed by atoms with Crippen molar-refractivity contribution in [2.45, 2.75) is 43.1 Å². The number of likely N-dealkylation sites (tertiary alicyclic amines) is 1. The molecule has 1 aliphatic rings. The summed E-state index contributed by atoms with van der Waals surface area (Å²) in [5, 5.41) is 0. The fourth-order valence-electron chi connectivity index (χ4n) is 3.15. The molecule has 0 unspecified atom stereocenters. The Balaban J connectivity index is 1.56. The zero-order chi connectivity index (χ0) is 17.9. The van der Waals surface area contributed by atoms with E-state index < -0.39 is 10.0 Å². The van der Waals surface area contributed by atoms with E-state index in [9.17, 15) is 8.42 Å². The van der Waals surface area contributed by atoms with E-state index in [0.717, 1.165) is 42.9 Å². The van der Waals surface area contributed by atoms with Gasteiger partial charge in [-0.25, -0.2) is 13.1 Å². The molecule has 2 aromatic rings. The lowest BCUT2D eigenvalue weighted by atomic mass is 10.1. The first-order valence-electron chi connectivity index (χ1n) is 8.56. The number of piperidine rings is 1. The van der Waals surface area contributed by atoms with Crippen LogP contribution in [0.4, 0.5) is 0 Å². The fourth-order valence-corrected chi connectivity index (χ4v) is 5.94. The van der Waals surface area contributed by atoms with Gasteiger partial charge >= 0.3 is 0 Å². The summed E-state index contributed by atoms with van der Waals surface area (Å²) in [5.41, 5.74) is 7.91. The quantitative estimate of drug-likeness (QED) is 0.808. The first-order valence-corrected chi connectivity index (χ1v) is 10.9. The molecule has 0 radical (unpaired) electrons. The van der Waals surface area contributed by atoms with Gasteiger partial charge in [0, 0.05) is 37.1 Å². The number of nitrogens with two attached hydrogens (primary N) is 1. The van der Waals surface area contributed by atoms with Crippen molar-refractivity contribution in [1.29, 1.82) is 0 Å². The van der Waals surface area contributed by atoms with E-state index in [4.69, 9.17) is 5.73 Å². The normalized spacial score (nSPS) is 17.0. The summed E-state index contributed by atoms with van der Waals surface area (Å²) in [5.74, 6) is 0. The van der Waals surface area contributed by atoms with Crippen LogP contribution in [0.15, 0.2) is 40.6 Å². The number of thiophene rings is 1. The van der Waals surface area contributed by atoms with Gasteiger partial charge in [-0.15, -0.1) is 11.3 Å². The molecule has 5 nitrogen and oxygen atoms in total. The van der Waals surface area contributed by atoms with Crippen LogP contribution in [-0.2, 0) is 23.1 Å². The van der Waals surface area contributed by atoms with E-state index in [1.165, 1.54) is 16.9 Å². The van der Waals surface area contributed by atoms with Crippen molar-refractivity contribution in [2.24, 2.45) is 5.73 Å². The maximum Gasteiger partial charge on any atom is 0.250 e. The number of hydrogen-bond acceptors (Lipinski definition) is 5. The maximum atomic E-state index is 12.6. The average Bonchev–Trinajstić information content (AvgIpc) is 2.99. The Hall–Kier alpha value is -1.25.